The van der Waals surface area contributed by atoms with E-state index in [1.165, 1.54) is 24.3 Å². The molecule has 0 fully saturated rings. The molecular formula is C14H14BrFN2O2S. The van der Waals surface area contributed by atoms with Gasteiger partial charge in [-0.2, -0.15) is 0 Å². The van der Waals surface area contributed by atoms with E-state index in [-0.39, 0.29) is 15.9 Å². The minimum absolute atomic E-state index is 0.116. The van der Waals surface area contributed by atoms with Crippen molar-refractivity contribution in [2.45, 2.75) is 18.4 Å². The molecule has 0 heterocycles. The van der Waals surface area contributed by atoms with Crippen LogP contribution < -0.4 is 10.5 Å². The molecule has 0 saturated carbocycles. The summed E-state index contributed by atoms with van der Waals surface area (Å²) in [6.45, 7) is 1.88. The minimum Gasteiger partial charge on any atom is -0.326 e. The number of nitrogens with one attached hydrogen (secondary N) is 1. The Morgan fingerprint density at radius 2 is 2.00 bits per heavy atom. The van der Waals surface area contributed by atoms with Crippen LogP contribution in [0.1, 0.15) is 11.1 Å². The van der Waals surface area contributed by atoms with Crippen molar-refractivity contribution >= 4 is 31.6 Å². The second kappa shape index (κ2) is 6.13. The Balaban J connectivity index is 2.39. The van der Waals surface area contributed by atoms with Crippen molar-refractivity contribution in [3.8, 4) is 0 Å². The first-order valence-corrected chi connectivity index (χ1v) is 8.38. The number of rotatable bonds is 4. The molecule has 0 amide bonds. The van der Waals surface area contributed by atoms with Gasteiger partial charge in [0.1, 0.15) is 5.82 Å². The van der Waals surface area contributed by atoms with Crippen LogP contribution in [0.2, 0.25) is 0 Å². The molecule has 0 aliphatic rings. The predicted molar refractivity (Wildman–Crippen MR) is 84.0 cm³/mol. The number of halogens is 2. The number of aryl methyl sites for hydroxylation is 1. The number of anilines is 1. The van der Waals surface area contributed by atoms with E-state index in [0.29, 0.717) is 11.3 Å². The Hall–Kier alpha value is -1.44. The van der Waals surface area contributed by atoms with Crippen molar-refractivity contribution in [1.82, 2.24) is 0 Å². The van der Waals surface area contributed by atoms with E-state index < -0.39 is 15.8 Å². The summed E-state index contributed by atoms with van der Waals surface area (Å²) in [5, 5.41) is 0. The number of hydrogen-bond donors (Lipinski definition) is 2. The Morgan fingerprint density at radius 1 is 1.29 bits per heavy atom. The molecule has 2 aromatic rings. The predicted octanol–water partition coefficient (Wildman–Crippen LogP) is 3.16. The molecule has 21 heavy (non-hydrogen) atoms. The zero-order valence-corrected chi connectivity index (χ0v) is 13.6. The number of sulfonamides is 1. The first kappa shape index (κ1) is 15.9. The summed E-state index contributed by atoms with van der Waals surface area (Å²) in [5.41, 5.74) is 7.05. The van der Waals surface area contributed by atoms with E-state index in [1.54, 1.807) is 19.1 Å². The largest absolute Gasteiger partial charge is 0.326 e. The standard InChI is InChI=1S/C14H14BrFN2O2S/c1-9-5-13(16)12(15)7-14(9)18-21(19,20)11-4-2-3-10(6-11)8-17/h2-7,18H,8,17H2,1H3. The fourth-order valence-corrected chi connectivity index (χ4v) is 3.33. The van der Waals surface area contributed by atoms with E-state index >= 15 is 0 Å². The normalized spacial score (nSPS) is 11.4. The lowest BCUT2D eigenvalue weighted by molar-refractivity contribution is 0.600. The molecular weight excluding hydrogens is 359 g/mol. The Labute approximate surface area is 131 Å². The van der Waals surface area contributed by atoms with Gasteiger partial charge in [0.15, 0.2) is 0 Å². The van der Waals surface area contributed by atoms with Gasteiger partial charge in [0.05, 0.1) is 15.1 Å². The van der Waals surface area contributed by atoms with Gasteiger partial charge in [-0.15, -0.1) is 0 Å². The van der Waals surface area contributed by atoms with Crippen LogP contribution in [0, 0.1) is 12.7 Å². The fourth-order valence-electron chi connectivity index (χ4n) is 1.80. The topological polar surface area (TPSA) is 72.2 Å². The Morgan fingerprint density at radius 3 is 2.67 bits per heavy atom. The molecule has 2 aromatic carbocycles. The summed E-state index contributed by atoms with van der Waals surface area (Å²) in [6, 6.07) is 9.03. The average Bonchev–Trinajstić information content (AvgIpc) is 2.44. The molecule has 2 rings (SSSR count). The lowest BCUT2D eigenvalue weighted by atomic mass is 10.2. The smallest absolute Gasteiger partial charge is 0.261 e. The van der Waals surface area contributed by atoms with E-state index in [4.69, 9.17) is 5.73 Å². The molecule has 0 aliphatic heterocycles. The zero-order valence-electron chi connectivity index (χ0n) is 11.2. The molecule has 3 N–H and O–H groups in total. The molecule has 0 atom stereocenters. The highest BCUT2D eigenvalue weighted by molar-refractivity contribution is 9.10. The van der Waals surface area contributed by atoms with Gasteiger partial charge in [0.2, 0.25) is 0 Å². The van der Waals surface area contributed by atoms with E-state index in [1.807, 2.05) is 0 Å². The minimum atomic E-state index is -3.75. The summed E-state index contributed by atoms with van der Waals surface area (Å²) >= 11 is 3.04. The third-order valence-electron chi connectivity index (χ3n) is 2.96. The first-order valence-electron chi connectivity index (χ1n) is 6.11. The van der Waals surface area contributed by atoms with Crippen LogP contribution in [-0.4, -0.2) is 8.42 Å². The molecule has 0 saturated heterocycles. The highest BCUT2D eigenvalue weighted by atomic mass is 79.9. The van der Waals surface area contributed by atoms with Crippen molar-refractivity contribution in [1.29, 1.82) is 0 Å². The zero-order chi connectivity index (χ0) is 15.6. The second-order valence-electron chi connectivity index (χ2n) is 4.54. The lowest BCUT2D eigenvalue weighted by Crippen LogP contribution is -2.14. The molecule has 7 heteroatoms. The van der Waals surface area contributed by atoms with Crippen LogP contribution in [0.25, 0.3) is 0 Å². The maximum Gasteiger partial charge on any atom is 0.261 e. The van der Waals surface area contributed by atoms with Gasteiger partial charge in [-0.1, -0.05) is 12.1 Å². The van der Waals surface area contributed by atoms with Gasteiger partial charge < -0.3 is 5.73 Å². The Kier molecular flexibility index (Phi) is 4.65. The summed E-state index contributed by atoms with van der Waals surface area (Å²) in [4.78, 5) is 0.116. The molecule has 0 aromatic heterocycles. The van der Waals surface area contributed by atoms with Gasteiger partial charge >= 0.3 is 0 Å². The summed E-state index contributed by atoms with van der Waals surface area (Å²) < 4.78 is 40.7. The average molecular weight is 373 g/mol. The van der Waals surface area contributed by atoms with Crippen molar-refractivity contribution in [3.63, 3.8) is 0 Å². The highest BCUT2D eigenvalue weighted by Gasteiger charge is 2.16. The highest BCUT2D eigenvalue weighted by Crippen LogP contribution is 2.26. The fraction of sp³-hybridized carbons (Fsp3) is 0.143. The second-order valence-corrected chi connectivity index (χ2v) is 7.08. The third kappa shape index (κ3) is 3.61. The number of nitrogens with two attached hydrogens (primary N) is 1. The summed E-state index contributed by atoms with van der Waals surface area (Å²) in [6.07, 6.45) is 0. The first-order chi connectivity index (χ1) is 9.83. The van der Waals surface area contributed by atoms with Crippen molar-refractivity contribution in [2.24, 2.45) is 5.73 Å². The number of benzene rings is 2. The molecule has 0 aliphatic carbocycles. The molecule has 112 valence electrons. The third-order valence-corrected chi connectivity index (χ3v) is 4.93. The van der Waals surface area contributed by atoms with Crippen LogP contribution in [0.3, 0.4) is 0 Å². The maximum absolute atomic E-state index is 13.4. The quantitative estimate of drug-likeness (QED) is 0.865. The maximum atomic E-state index is 13.4. The Bertz CT molecular complexity index is 779. The molecule has 0 bridgehead atoms. The van der Waals surface area contributed by atoms with Crippen molar-refractivity contribution in [3.05, 3.63) is 57.8 Å². The SMILES string of the molecule is Cc1cc(F)c(Br)cc1NS(=O)(=O)c1cccc(CN)c1. The van der Waals surface area contributed by atoms with Crippen LogP contribution in [0.5, 0.6) is 0 Å². The molecule has 0 unspecified atom stereocenters. The van der Waals surface area contributed by atoms with Crippen molar-refractivity contribution < 1.29 is 12.8 Å². The van der Waals surface area contributed by atoms with Gasteiger partial charge in [-0.25, -0.2) is 12.8 Å². The summed E-state index contributed by atoms with van der Waals surface area (Å²) in [7, 11) is -3.75. The van der Waals surface area contributed by atoms with E-state index in [2.05, 4.69) is 20.7 Å². The lowest BCUT2D eigenvalue weighted by Gasteiger charge is -2.12. The van der Waals surface area contributed by atoms with Crippen LogP contribution >= 0.6 is 15.9 Å². The monoisotopic (exact) mass is 372 g/mol. The molecule has 4 nitrogen and oxygen atoms in total. The van der Waals surface area contributed by atoms with E-state index in [0.717, 1.165) is 5.56 Å². The summed E-state index contributed by atoms with van der Waals surface area (Å²) in [5.74, 6) is -0.444. The van der Waals surface area contributed by atoms with Gasteiger partial charge in [0.25, 0.3) is 10.0 Å². The molecule has 0 radical (unpaired) electrons. The van der Waals surface area contributed by atoms with Crippen LogP contribution in [0.4, 0.5) is 10.1 Å². The number of hydrogen-bond acceptors (Lipinski definition) is 3. The van der Waals surface area contributed by atoms with E-state index in [9.17, 15) is 12.8 Å². The van der Waals surface area contributed by atoms with Crippen molar-refractivity contribution in [2.75, 3.05) is 4.72 Å². The van der Waals surface area contributed by atoms with Gasteiger partial charge in [0, 0.05) is 6.54 Å². The van der Waals surface area contributed by atoms with Crippen LogP contribution in [0.15, 0.2) is 45.8 Å². The van der Waals surface area contributed by atoms with Gasteiger partial charge in [-0.05, 0) is 58.2 Å². The van der Waals surface area contributed by atoms with Gasteiger partial charge in [-0.3, -0.25) is 4.72 Å². The molecule has 0 spiro atoms. The van der Waals surface area contributed by atoms with Crippen LogP contribution in [-0.2, 0) is 16.6 Å².